The van der Waals surface area contributed by atoms with Crippen molar-refractivity contribution in [2.45, 2.75) is 12.0 Å². The third-order valence-corrected chi connectivity index (χ3v) is 4.29. The van der Waals surface area contributed by atoms with Crippen LogP contribution in [-0.4, -0.2) is 42.3 Å². The maximum Gasteiger partial charge on any atom is 0.417 e. The molecule has 130 valence electrons. The van der Waals surface area contributed by atoms with Crippen LogP contribution < -0.4 is 4.74 Å². The first-order chi connectivity index (χ1) is 12.2. The summed E-state index contributed by atoms with van der Waals surface area (Å²) in [4.78, 5) is 26.2. The Balaban J connectivity index is 1.88. The van der Waals surface area contributed by atoms with E-state index in [1.807, 2.05) is 30.3 Å². The number of cyclic esters (lactones) is 1. The van der Waals surface area contributed by atoms with Crippen molar-refractivity contribution in [3.8, 4) is 5.75 Å². The maximum absolute atomic E-state index is 13.0. The van der Waals surface area contributed by atoms with Crippen LogP contribution in [0.2, 0.25) is 0 Å². The third-order valence-electron chi connectivity index (χ3n) is 4.29. The first-order valence-corrected chi connectivity index (χ1v) is 7.95. The molecule has 0 spiro atoms. The zero-order valence-electron chi connectivity index (χ0n) is 13.8. The summed E-state index contributed by atoms with van der Waals surface area (Å²) in [6.45, 7) is -0.300. The molecule has 1 aliphatic heterocycles. The molecule has 0 aromatic heterocycles. The summed E-state index contributed by atoms with van der Waals surface area (Å²) < 4.78 is 10.2. The van der Waals surface area contributed by atoms with E-state index in [1.54, 1.807) is 31.4 Å². The van der Waals surface area contributed by atoms with Crippen molar-refractivity contribution in [2.24, 2.45) is 0 Å². The number of methoxy groups -OCH3 is 1. The molecule has 0 saturated carbocycles. The van der Waals surface area contributed by atoms with Crippen molar-refractivity contribution in [3.63, 3.8) is 0 Å². The van der Waals surface area contributed by atoms with Gasteiger partial charge in [-0.05, 0) is 23.3 Å². The first kappa shape index (κ1) is 17.0. The average molecular weight is 341 g/mol. The fourth-order valence-electron chi connectivity index (χ4n) is 2.92. The standard InChI is InChI=1S/C19H19NO5/c1-24-15-9-7-13(8-10-15)16(11-21)18(22)20-17(12-25-19(20)23)14-5-3-2-4-6-14/h2-10,16-17,21H,11-12H2,1H3/t16-,17+/m1/s1. The second-order valence-electron chi connectivity index (χ2n) is 5.72. The second kappa shape index (κ2) is 7.36. The number of aliphatic hydroxyl groups excluding tert-OH is 1. The summed E-state index contributed by atoms with van der Waals surface area (Å²) in [5, 5.41) is 9.75. The second-order valence-corrected chi connectivity index (χ2v) is 5.72. The van der Waals surface area contributed by atoms with Crippen LogP contribution in [0.5, 0.6) is 5.75 Å². The van der Waals surface area contributed by atoms with Crippen LogP contribution in [0.1, 0.15) is 23.1 Å². The van der Waals surface area contributed by atoms with Gasteiger partial charge in [0.1, 0.15) is 18.4 Å². The Labute approximate surface area is 145 Å². The molecule has 3 rings (SSSR count). The Bertz CT molecular complexity index is 744. The van der Waals surface area contributed by atoms with Gasteiger partial charge in [-0.1, -0.05) is 42.5 Å². The van der Waals surface area contributed by atoms with E-state index in [0.717, 1.165) is 10.5 Å². The predicted molar refractivity (Wildman–Crippen MR) is 90.2 cm³/mol. The van der Waals surface area contributed by atoms with Crippen molar-refractivity contribution >= 4 is 12.0 Å². The van der Waals surface area contributed by atoms with Crippen LogP contribution in [0, 0.1) is 0 Å². The zero-order chi connectivity index (χ0) is 17.8. The van der Waals surface area contributed by atoms with E-state index >= 15 is 0 Å². The zero-order valence-corrected chi connectivity index (χ0v) is 13.8. The Hall–Kier alpha value is -2.86. The van der Waals surface area contributed by atoms with Gasteiger partial charge in [0.2, 0.25) is 5.91 Å². The summed E-state index contributed by atoms with van der Waals surface area (Å²) in [7, 11) is 1.55. The van der Waals surface area contributed by atoms with E-state index in [4.69, 9.17) is 9.47 Å². The number of ether oxygens (including phenoxy) is 2. The highest BCUT2D eigenvalue weighted by Gasteiger charge is 2.41. The minimum atomic E-state index is -0.845. The number of nitrogens with zero attached hydrogens (tertiary/aromatic N) is 1. The summed E-state index contributed by atoms with van der Waals surface area (Å²) in [5.74, 6) is -0.678. The molecule has 1 aliphatic rings. The molecule has 0 radical (unpaired) electrons. The number of carbonyl (C=O) groups excluding carboxylic acids is 2. The highest BCUT2D eigenvalue weighted by Crippen LogP contribution is 2.31. The monoisotopic (exact) mass is 341 g/mol. The van der Waals surface area contributed by atoms with E-state index in [0.29, 0.717) is 11.3 Å². The number of hydrogen-bond acceptors (Lipinski definition) is 5. The number of rotatable bonds is 5. The van der Waals surface area contributed by atoms with Crippen LogP contribution in [0.15, 0.2) is 54.6 Å². The number of imide groups is 1. The Morgan fingerprint density at radius 2 is 1.92 bits per heavy atom. The van der Waals surface area contributed by atoms with E-state index in [9.17, 15) is 14.7 Å². The van der Waals surface area contributed by atoms with Crippen molar-refractivity contribution in [3.05, 3.63) is 65.7 Å². The van der Waals surface area contributed by atoms with Gasteiger partial charge >= 0.3 is 6.09 Å². The molecule has 6 nitrogen and oxygen atoms in total. The highest BCUT2D eigenvalue weighted by atomic mass is 16.6. The minimum absolute atomic E-state index is 0.106. The molecular weight excluding hydrogens is 322 g/mol. The maximum atomic E-state index is 13.0. The van der Waals surface area contributed by atoms with Gasteiger partial charge in [0, 0.05) is 0 Å². The third kappa shape index (κ3) is 3.34. The summed E-state index contributed by atoms with van der Waals surface area (Å²) >= 11 is 0. The van der Waals surface area contributed by atoms with Gasteiger partial charge in [-0.2, -0.15) is 0 Å². The highest BCUT2D eigenvalue weighted by molar-refractivity contribution is 5.97. The number of amides is 2. The van der Waals surface area contributed by atoms with Gasteiger partial charge in [0.05, 0.1) is 19.6 Å². The number of benzene rings is 2. The van der Waals surface area contributed by atoms with Gasteiger partial charge < -0.3 is 14.6 Å². The van der Waals surface area contributed by atoms with Gasteiger partial charge in [-0.25, -0.2) is 9.69 Å². The van der Waals surface area contributed by atoms with Crippen LogP contribution in [-0.2, 0) is 9.53 Å². The molecule has 0 aliphatic carbocycles. The summed E-state index contributed by atoms with van der Waals surface area (Å²) in [5.41, 5.74) is 1.42. The van der Waals surface area contributed by atoms with Gasteiger partial charge in [0.25, 0.3) is 0 Å². The first-order valence-electron chi connectivity index (χ1n) is 7.95. The molecule has 2 aromatic rings. The molecule has 1 saturated heterocycles. The largest absolute Gasteiger partial charge is 0.497 e. The average Bonchev–Trinajstić information content (AvgIpc) is 3.05. The van der Waals surface area contributed by atoms with Crippen molar-refractivity contribution in [1.82, 2.24) is 4.90 Å². The number of hydrogen-bond donors (Lipinski definition) is 1. The quantitative estimate of drug-likeness (QED) is 0.904. The SMILES string of the molecule is COc1ccc([C@@H](CO)C(=O)N2C(=O)OC[C@H]2c2ccccc2)cc1. The lowest BCUT2D eigenvalue weighted by atomic mass is 9.97. The Morgan fingerprint density at radius 3 is 2.52 bits per heavy atom. The van der Waals surface area contributed by atoms with Gasteiger partial charge in [0.15, 0.2) is 0 Å². The lowest BCUT2D eigenvalue weighted by Gasteiger charge is -2.24. The molecule has 1 heterocycles. The topological polar surface area (TPSA) is 76.1 Å². The van der Waals surface area contributed by atoms with Crippen molar-refractivity contribution in [2.75, 3.05) is 20.3 Å². The number of aliphatic hydroxyl groups is 1. The summed E-state index contributed by atoms with van der Waals surface area (Å²) in [6, 6.07) is 15.6. The van der Waals surface area contributed by atoms with E-state index in [1.165, 1.54) is 0 Å². The van der Waals surface area contributed by atoms with Crippen molar-refractivity contribution < 1.29 is 24.2 Å². The molecule has 2 amide bonds. The fourth-order valence-corrected chi connectivity index (χ4v) is 2.92. The molecular formula is C19H19NO5. The van der Waals surface area contributed by atoms with Crippen LogP contribution in [0.3, 0.4) is 0 Å². The molecule has 1 fully saturated rings. The molecule has 6 heteroatoms. The van der Waals surface area contributed by atoms with Crippen LogP contribution >= 0.6 is 0 Å². The molecule has 2 atom stereocenters. The predicted octanol–water partition coefficient (Wildman–Crippen LogP) is 2.49. The molecule has 2 aromatic carbocycles. The Morgan fingerprint density at radius 1 is 1.24 bits per heavy atom. The van der Waals surface area contributed by atoms with Gasteiger partial charge in [-0.15, -0.1) is 0 Å². The van der Waals surface area contributed by atoms with Gasteiger partial charge in [-0.3, -0.25) is 4.79 Å². The Kier molecular flexibility index (Phi) is 5.00. The van der Waals surface area contributed by atoms with E-state index < -0.39 is 30.6 Å². The molecule has 1 N–H and O–H groups in total. The smallest absolute Gasteiger partial charge is 0.417 e. The van der Waals surface area contributed by atoms with Crippen LogP contribution in [0.25, 0.3) is 0 Å². The molecule has 0 unspecified atom stereocenters. The summed E-state index contributed by atoms with van der Waals surface area (Å²) in [6.07, 6.45) is -0.689. The lowest BCUT2D eigenvalue weighted by Crippen LogP contribution is -2.38. The number of carbonyl (C=O) groups is 2. The van der Waals surface area contributed by atoms with E-state index in [-0.39, 0.29) is 6.61 Å². The molecule has 25 heavy (non-hydrogen) atoms. The van der Waals surface area contributed by atoms with Crippen LogP contribution in [0.4, 0.5) is 4.79 Å². The lowest BCUT2D eigenvalue weighted by molar-refractivity contribution is -0.131. The minimum Gasteiger partial charge on any atom is -0.497 e. The normalized spacial score (nSPS) is 17.9. The fraction of sp³-hybridized carbons (Fsp3) is 0.263. The van der Waals surface area contributed by atoms with E-state index in [2.05, 4.69) is 0 Å². The molecule has 0 bridgehead atoms. The van der Waals surface area contributed by atoms with Crippen molar-refractivity contribution in [1.29, 1.82) is 0 Å².